The molecule has 2 rings (SSSR count). The number of hydrogen-bond donors (Lipinski definition) is 3. The van der Waals surface area contributed by atoms with E-state index in [4.69, 9.17) is 0 Å². The van der Waals surface area contributed by atoms with Crippen molar-refractivity contribution in [3.05, 3.63) is 44.6 Å². The molecule has 0 saturated carbocycles. The van der Waals surface area contributed by atoms with E-state index >= 15 is 0 Å². The number of phenols is 1. The Balaban J connectivity index is 2.02. The van der Waals surface area contributed by atoms with Crippen molar-refractivity contribution in [1.82, 2.24) is 15.5 Å². The van der Waals surface area contributed by atoms with Gasteiger partial charge in [-0.05, 0) is 56.5 Å². The number of phenolic OH excluding ortho intramolecular Hbond substituents is 1. The van der Waals surface area contributed by atoms with E-state index in [0.717, 1.165) is 11.1 Å². The first-order valence-corrected chi connectivity index (χ1v) is 7.05. The second kappa shape index (κ2) is 5.86. The Morgan fingerprint density at radius 1 is 1.39 bits per heavy atom. The number of H-pyrrole nitrogens is 1. The molecule has 0 spiro atoms. The van der Waals surface area contributed by atoms with Crippen LogP contribution in [0.5, 0.6) is 5.75 Å². The molecule has 3 N–H and O–H groups in total. The quantitative estimate of drug-likeness (QED) is 0.767. The molecular formula is C12H13Br2N3O. The number of nitrogens with zero attached hydrogens (tertiary/aromatic N) is 1. The van der Waals surface area contributed by atoms with Crippen LogP contribution in [0.3, 0.4) is 0 Å². The maximum atomic E-state index is 9.63. The lowest BCUT2D eigenvalue weighted by Crippen LogP contribution is -2.17. The molecule has 0 bridgehead atoms. The molecule has 2 aromatic rings. The summed E-state index contributed by atoms with van der Waals surface area (Å²) in [7, 11) is 0. The third-order valence-corrected chi connectivity index (χ3v) is 3.92. The van der Waals surface area contributed by atoms with E-state index in [1.807, 2.05) is 18.3 Å². The lowest BCUT2D eigenvalue weighted by atomic mass is 10.1. The Bertz CT molecular complexity index is 505. The van der Waals surface area contributed by atoms with Gasteiger partial charge < -0.3 is 10.4 Å². The minimum absolute atomic E-state index is 0.218. The van der Waals surface area contributed by atoms with E-state index in [0.29, 0.717) is 15.5 Å². The fourth-order valence-corrected chi connectivity index (χ4v) is 2.89. The lowest BCUT2D eigenvalue weighted by molar-refractivity contribution is 0.467. The molecule has 0 amide bonds. The fraction of sp³-hybridized carbons (Fsp3) is 0.250. The van der Waals surface area contributed by atoms with Crippen molar-refractivity contribution in [2.75, 3.05) is 0 Å². The van der Waals surface area contributed by atoms with Gasteiger partial charge in [-0.2, -0.15) is 5.10 Å². The second-order valence-electron chi connectivity index (χ2n) is 4.04. The number of rotatable bonds is 4. The van der Waals surface area contributed by atoms with Crippen LogP contribution in [0.4, 0.5) is 0 Å². The molecule has 96 valence electrons. The smallest absolute Gasteiger partial charge is 0.143 e. The highest BCUT2D eigenvalue weighted by atomic mass is 79.9. The molecule has 4 nitrogen and oxygen atoms in total. The number of nitrogens with one attached hydrogen (secondary N) is 2. The minimum Gasteiger partial charge on any atom is -0.506 e. The molecule has 0 saturated heterocycles. The summed E-state index contributed by atoms with van der Waals surface area (Å²) < 4.78 is 1.37. The molecule has 1 aromatic carbocycles. The average molecular weight is 375 g/mol. The van der Waals surface area contributed by atoms with Gasteiger partial charge >= 0.3 is 0 Å². The second-order valence-corrected chi connectivity index (χ2v) is 5.75. The topological polar surface area (TPSA) is 60.9 Å². The summed E-state index contributed by atoms with van der Waals surface area (Å²) in [5.74, 6) is 0.224. The first-order valence-electron chi connectivity index (χ1n) is 5.47. The summed E-state index contributed by atoms with van der Waals surface area (Å²) in [5.41, 5.74) is 2.20. The summed E-state index contributed by atoms with van der Waals surface area (Å²) >= 11 is 6.64. The molecule has 0 radical (unpaired) electrons. The zero-order chi connectivity index (χ0) is 13.1. The summed E-state index contributed by atoms with van der Waals surface area (Å²) in [4.78, 5) is 0. The van der Waals surface area contributed by atoms with Gasteiger partial charge in [0.2, 0.25) is 0 Å². The van der Waals surface area contributed by atoms with Crippen molar-refractivity contribution in [2.45, 2.75) is 19.5 Å². The zero-order valence-electron chi connectivity index (χ0n) is 9.74. The highest BCUT2D eigenvalue weighted by Crippen LogP contribution is 2.33. The van der Waals surface area contributed by atoms with Gasteiger partial charge in [0.05, 0.1) is 15.1 Å². The van der Waals surface area contributed by atoms with Crippen LogP contribution in [-0.2, 0) is 6.54 Å². The number of aromatic amines is 1. The van der Waals surface area contributed by atoms with Crippen LogP contribution >= 0.6 is 31.9 Å². The zero-order valence-corrected chi connectivity index (χ0v) is 12.9. The van der Waals surface area contributed by atoms with E-state index in [2.05, 4.69) is 54.3 Å². The van der Waals surface area contributed by atoms with E-state index in [-0.39, 0.29) is 11.8 Å². The van der Waals surface area contributed by atoms with Gasteiger partial charge in [-0.3, -0.25) is 5.10 Å². The fourth-order valence-electron chi connectivity index (χ4n) is 1.61. The molecule has 6 heteroatoms. The van der Waals surface area contributed by atoms with Gasteiger partial charge in [0.15, 0.2) is 0 Å². The van der Waals surface area contributed by atoms with E-state index in [1.54, 1.807) is 6.20 Å². The Labute approximate surface area is 122 Å². The highest BCUT2D eigenvalue weighted by Gasteiger charge is 2.08. The van der Waals surface area contributed by atoms with Gasteiger partial charge in [0, 0.05) is 24.3 Å². The molecule has 18 heavy (non-hydrogen) atoms. The number of aromatic hydroxyl groups is 1. The predicted octanol–water partition coefficient (Wildman–Crippen LogP) is 3.49. The molecular weight excluding hydrogens is 362 g/mol. The Morgan fingerprint density at radius 3 is 2.61 bits per heavy atom. The molecule has 1 aromatic heterocycles. The van der Waals surface area contributed by atoms with Gasteiger partial charge in [-0.25, -0.2) is 0 Å². The number of benzene rings is 1. The van der Waals surface area contributed by atoms with Crippen molar-refractivity contribution < 1.29 is 5.11 Å². The highest BCUT2D eigenvalue weighted by molar-refractivity contribution is 9.11. The molecule has 0 aliphatic carbocycles. The van der Waals surface area contributed by atoms with E-state index in [9.17, 15) is 5.11 Å². The standard InChI is InChI=1S/C12H13Br2N3O/c1-7(9-5-16-17-6-9)15-4-8-2-10(13)12(18)11(14)3-8/h2-3,5-7,15,18H,4H2,1H3,(H,16,17). The molecule has 0 fully saturated rings. The lowest BCUT2D eigenvalue weighted by Gasteiger charge is -2.13. The number of halogens is 2. The van der Waals surface area contributed by atoms with Gasteiger partial charge in [-0.15, -0.1) is 0 Å². The number of aromatic nitrogens is 2. The third-order valence-electron chi connectivity index (χ3n) is 2.71. The Hall–Kier alpha value is -0.850. The average Bonchev–Trinajstić information content (AvgIpc) is 2.86. The molecule has 0 aliphatic rings. The Morgan fingerprint density at radius 2 is 2.06 bits per heavy atom. The van der Waals surface area contributed by atoms with Crippen LogP contribution < -0.4 is 5.32 Å². The van der Waals surface area contributed by atoms with Crippen molar-refractivity contribution in [3.63, 3.8) is 0 Å². The summed E-state index contributed by atoms with van der Waals surface area (Å²) in [6.45, 7) is 2.79. The van der Waals surface area contributed by atoms with Crippen molar-refractivity contribution in [1.29, 1.82) is 0 Å². The summed E-state index contributed by atoms with van der Waals surface area (Å²) in [6.07, 6.45) is 3.68. The summed E-state index contributed by atoms with van der Waals surface area (Å²) in [6, 6.07) is 4.01. The van der Waals surface area contributed by atoms with Gasteiger partial charge in [0.1, 0.15) is 5.75 Å². The van der Waals surface area contributed by atoms with Gasteiger partial charge in [-0.1, -0.05) is 0 Å². The third kappa shape index (κ3) is 3.13. The summed E-state index contributed by atoms with van der Waals surface area (Å²) in [5, 5.41) is 19.7. The van der Waals surface area contributed by atoms with Crippen LogP contribution in [0.15, 0.2) is 33.5 Å². The van der Waals surface area contributed by atoms with Crippen molar-refractivity contribution in [2.24, 2.45) is 0 Å². The van der Waals surface area contributed by atoms with Crippen LogP contribution in [0.25, 0.3) is 0 Å². The van der Waals surface area contributed by atoms with Crippen LogP contribution in [-0.4, -0.2) is 15.3 Å². The molecule has 0 aliphatic heterocycles. The minimum atomic E-state index is 0.218. The SMILES string of the molecule is CC(NCc1cc(Br)c(O)c(Br)c1)c1cn[nH]c1. The van der Waals surface area contributed by atoms with E-state index < -0.39 is 0 Å². The Kier molecular flexibility index (Phi) is 4.42. The maximum absolute atomic E-state index is 9.63. The largest absolute Gasteiger partial charge is 0.506 e. The predicted molar refractivity (Wildman–Crippen MR) is 77.3 cm³/mol. The number of hydrogen-bond acceptors (Lipinski definition) is 3. The monoisotopic (exact) mass is 373 g/mol. The first kappa shape index (κ1) is 13.6. The van der Waals surface area contributed by atoms with Crippen LogP contribution in [0.1, 0.15) is 24.1 Å². The molecule has 1 heterocycles. The first-order chi connectivity index (χ1) is 8.58. The van der Waals surface area contributed by atoms with Crippen LogP contribution in [0, 0.1) is 0 Å². The van der Waals surface area contributed by atoms with Crippen molar-refractivity contribution >= 4 is 31.9 Å². The van der Waals surface area contributed by atoms with E-state index in [1.165, 1.54) is 0 Å². The van der Waals surface area contributed by atoms with Gasteiger partial charge in [0.25, 0.3) is 0 Å². The van der Waals surface area contributed by atoms with Crippen molar-refractivity contribution in [3.8, 4) is 5.75 Å². The molecule has 1 unspecified atom stereocenters. The maximum Gasteiger partial charge on any atom is 0.143 e. The normalized spacial score (nSPS) is 12.6. The van der Waals surface area contributed by atoms with Crippen LogP contribution in [0.2, 0.25) is 0 Å². The molecule has 1 atom stereocenters.